The van der Waals surface area contributed by atoms with Gasteiger partial charge in [0.05, 0.1) is 7.11 Å². The first-order valence-electron chi connectivity index (χ1n) is 9.10. The summed E-state index contributed by atoms with van der Waals surface area (Å²) < 4.78 is 10.4. The van der Waals surface area contributed by atoms with E-state index in [1.54, 1.807) is 36.8 Å². The van der Waals surface area contributed by atoms with Crippen molar-refractivity contribution >= 4 is 34.7 Å². The van der Waals surface area contributed by atoms with Gasteiger partial charge in [0.2, 0.25) is 0 Å². The number of rotatable bonds is 7. The molecule has 0 saturated carbocycles. The number of anilines is 1. The van der Waals surface area contributed by atoms with E-state index in [9.17, 15) is 14.4 Å². The molecule has 0 fully saturated rings. The van der Waals surface area contributed by atoms with Gasteiger partial charge in [0.15, 0.2) is 17.6 Å². The summed E-state index contributed by atoms with van der Waals surface area (Å²) in [6.07, 6.45) is -1.02. The van der Waals surface area contributed by atoms with Crippen molar-refractivity contribution in [3.05, 3.63) is 65.2 Å². The molecule has 0 radical (unpaired) electrons. The van der Waals surface area contributed by atoms with Crippen LogP contribution in [0.4, 0.5) is 5.69 Å². The zero-order valence-corrected chi connectivity index (χ0v) is 17.5. The van der Waals surface area contributed by atoms with Crippen molar-refractivity contribution in [2.45, 2.75) is 20.0 Å². The minimum Gasteiger partial charge on any atom is -0.497 e. The van der Waals surface area contributed by atoms with Crippen LogP contribution in [-0.4, -0.2) is 35.9 Å². The Morgan fingerprint density at radius 2 is 1.70 bits per heavy atom. The summed E-state index contributed by atoms with van der Waals surface area (Å²) in [6, 6.07) is 13.8. The summed E-state index contributed by atoms with van der Waals surface area (Å²) in [5.74, 6) is -0.497. The van der Waals surface area contributed by atoms with E-state index in [1.807, 2.05) is 24.3 Å². The number of thiazole rings is 1. The van der Waals surface area contributed by atoms with Gasteiger partial charge in [-0.15, -0.1) is 11.3 Å². The fraction of sp³-hybridized carbons (Fsp3) is 0.182. The van der Waals surface area contributed by atoms with Gasteiger partial charge >= 0.3 is 5.97 Å². The van der Waals surface area contributed by atoms with E-state index < -0.39 is 18.0 Å². The number of Topliss-reactive ketones (excluding diaryl/α,β-unsaturated/α-hetero) is 1. The van der Waals surface area contributed by atoms with Gasteiger partial charge in [-0.05, 0) is 62.4 Å². The Morgan fingerprint density at radius 1 is 1.03 bits per heavy atom. The molecule has 3 aromatic rings. The van der Waals surface area contributed by atoms with Gasteiger partial charge in [-0.1, -0.05) is 0 Å². The van der Waals surface area contributed by atoms with Crippen molar-refractivity contribution in [2.24, 2.45) is 0 Å². The highest BCUT2D eigenvalue weighted by Crippen LogP contribution is 2.26. The summed E-state index contributed by atoms with van der Waals surface area (Å²) in [5.41, 5.74) is 2.03. The van der Waals surface area contributed by atoms with Crippen molar-refractivity contribution in [3.8, 4) is 16.3 Å². The zero-order chi connectivity index (χ0) is 21.7. The smallest absolute Gasteiger partial charge is 0.358 e. The minimum atomic E-state index is -1.02. The first-order chi connectivity index (χ1) is 14.4. The summed E-state index contributed by atoms with van der Waals surface area (Å²) in [7, 11) is 1.59. The van der Waals surface area contributed by atoms with Gasteiger partial charge in [0, 0.05) is 22.2 Å². The maximum atomic E-state index is 12.4. The number of methoxy groups -OCH3 is 1. The quantitative estimate of drug-likeness (QED) is 0.451. The fourth-order valence-electron chi connectivity index (χ4n) is 2.54. The van der Waals surface area contributed by atoms with E-state index in [2.05, 4.69) is 10.3 Å². The molecule has 154 valence electrons. The molecule has 1 N–H and O–H groups in total. The third-order valence-corrected chi connectivity index (χ3v) is 5.15. The number of hydrogen-bond acceptors (Lipinski definition) is 7. The highest BCUT2D eigenvalue weighted by Gasteiger charge is 2.21. The van der Waals surface area contributed by atoms with Crippen LogP contribution < -0.4 is 10.1 Å². The van der Waals surface area contributed by atoms with Crippen molar-refractivity contribution in [1.29, 1.82) is 0 Å². The van der Waals surface area contributed by atoms with Gasteiger partial charge in [0.25, 0.3) is 5.91 Å². The molecule has 3 rings (SSSR count). The number of ketones is 1. The Morgan fingerprint density at radius 3 is 2.30 bits per heavy atom. The van der Waals surface area contributed by atoms with E-state index in [-0.39, 0.29) is 11.5 Å². The molecule has 1 heterocycles. The molecular formula is C22H20N2O5S. The van der Waals surface area contributed by atoms with Gasteiger partial charge in [-0.2, -0.15) is 0 Å². The number of carbonyl (C=O) groups excluding carboxylic acids is 3. The molecular weight excluding hydrogens is 404 g/mol. The third-order valence-electron chi connectivity index (χ3n) is 4.26. The van der Waals surface area contributed by atoms with E-state index in [4.69, 9.17) is 9.47 Å². The van der Waals surface area contributed by atoms with E-state index >= 15 is 0 Å². The third kappa shape index (κ3) is 5.09. The molecule has 8 heteroatoms. The van der Waals surface area contributed by atoms with Crippen LogP contribution in [0, 0.1) is 0 Å². The normalized spacial score (nSPS) is 11.4. The first-order valence-corrected chi connectivity index (χ1v) is 9.98. The average molecular weight is 424 g/mol. The molecule has 1 atom stereocenters. The lowest BCUT2D eigenvalue weighted by molar-refractivity contribution is -0.123. The number of benzene rings is 2. The Bertz CT molecular complexity index is 1060. The number of hydrogen-bond donors (Lipinski definition) is 1. The lowest BCUT2D eigenvalue weighted by atomic mass is 10.1. The Labute approximate surface area is 177 Å². The number of aromatic nitrogens is 1. The molecule has 7 nitrogen and oxygen atoms in total. The molecule has 1 unspecified atom stereocenters. The lowest BCUT2D eigenvalue weighted by Gasteiger charge is -2.13. The number of ether oxygens (including phenoxy) is 2. The molecule has 30 heavy (non-hydrogen) atoms. The largest absolute Gasteiger partial charge is 0.497 e. The van der Waals surface area contributed by atoms with Gasteiger partial charge < -0.3 is 14.8 Å². The van der Waals surface area contributed by atoms with Gasteiger partial charge in [-0.3, -0.25) is 9.59 Å². The predicted molar refractivity (Wildman–Crippen MR) is 114 cm³/mol. The Hall–Kier alpha value is -3.52. The molecule has 2 aromatic carbocycles. The monoisotopic (exact) mass is 424 g/mol. The van der Waals surface area contributed by atoms with Crippen LogP contribution in [0.5, 0.6) is 5.75 Å². The maximum Gasteiger partial charge on any atom is 0.358 e. The Balaban J connectivity index is 1.60. The second-order valence-electron chi connectivity index (χ2n) is 6.44. The van der Waals surface area contributed by atoms with Crippen molar-refractivity contribution < 1.29 is 23.9 Å². The van der Waals surface area contributed by atoms with E-state index in [0.29, 0.717) is 16.3 Å². The number of esters is 1. The molecule has 0 aliphatic heterocycles. The summed E-state index contributed by atoms with van der Waals surface area (Å²) in [6.45, 7) is 2.95. The molecule has 0 saturated heterocycles. The van der Waals surface area contributed by atoms with Crippen LogP contribution in [0.15, 0.2) is 53.9 Å². The van der Waals surface area contributed by atoms with E-state index in [0.717, 1.165) is 11.3 Å². The topological polar surface area (TPSA) is 94.6 Å². The first kappa shape index (κ1) is 21.2. The maximum absolute atomic E-state index is 12.4. The number of amides is 1. The molecule has 0 bridgehead atoms. The van der Waals surface area contributed by atoms with Crippen LogP contribution in [-0.2, 0) is 9.53 Å². The highest BCUT2D eigenvalue weighted by molar-refractivity contribution is 7.13. The standard InChI is InChI=1S/C22H20N2O5S/c1-13(25)15-4-8-17(9-5-15)23-20(26)14(2)29-22(27)19-12-30-21(24-19)16-6-10-18(28-3)11-7-16/h4-12,14H,1-3H3,(H,23,26). The van der Waals surface area contributed by atoms with Crippen LogP contribution in [0.1, 0.15) is 34.7 Å². The van der Waals surface area contributed by atoms with Crippen LogP contribution >= 0.6 is 11.3 Å². The summed E-state index contributed by atoms with van der Waals surface area (Å²) >= 11 is 1.31. The van der Waals surface area contributed by atoms with Crippen LogP contribution in [0.2, 0.25) is 0 Å². The second kappa shape index (κ2) is 9.32. The summed E-state index contributed by atoms with van der Waals surface area (Å²) in [5, 5.41) is 4.90. The SMILES string of the molecule is COc1ccc(-c2nc(C(=O)OC(C)C(=O)Nc3ccc(C(C)=O)cc3)cs2)cc1. The molecule has 0 aliphatic rings. The van der Waals surface area contributed by atoms with E-state index in [1.165, 1.54) is 25.2 Å². The molecule has 0 aliphatic carbocycles. The second-order valence-corrected chi connectivity index (χ2v) is 7.29. The van der Waals surface area contributed by atoms with Crippen LogP contribution in [0.25, 0.3) is 10.6 Å². The van der Waals surface area contributed by atoms with Crippen molar-refractivity contribution in [1.82, 2.24) is 4.98 Å². The zero-order valence-electron chi connectivity index (χ0n) is 16.7. The van der Waals surface area contributed by atoms with Crippen molar-refractivity contribution in [2.75, 3.05) is 12.4 Å². The highest BCUT2D eigenvalue weighted by atomic mass is 32.1. The van der Waals surface area contributed by atoms with Gasteiger partial charge in [-0.25, -0.2) is 9.78 Å². The molecule has 1 amide bonds. The number of nitrogens with zero attached hydrogens (tertiary/aromatic N) is 1. The molecule has 0 spiro atoms. The van der Waals surface area contributed by atoms with Crippen LogP contribution in [0.3, 0.4) is 0 Å². The lowest BCUT2D eigenvalue weighted by Crippen LogP contribution is -2.30. The average Bonchev–Trinajstić information content (AvgIpc) is 3.24. The Kier molecular flexibility index (Phi) is 6.58. The van der Waals surface area contributed by atoms with Crippen molar-refractivity contribution in [3.63, 3.8) is 0 Å². The number of carbonyl (C=O) groups is 3. The summed E-state index contributed by atoms with van der Waals surface area (Å²) in [4.78, 5) is 40.3. The number of nitrogens with one attached hydrogen (secondary N) is 1. The fourth-order valence-corrected chi connectivity index (χ4v) is 3.34. The molecule has 1 aromatic heterocycles. The predicted octanol–water partition coefficient (Wildman–Crippen LogP) is 4.21. The minimum absolute atomic E-state index is 0.0625. The van der Waals surface area contributed by atoms with Gasteiger partial charge in [0.1, 0.15) is 10.8 Å².